The predicted octanol–water partition coefficient (Wildman–Crippen LogP) is 2.80. The number of alkyl halides is 6. The Kier molecular flexibility index (Phi) is 7.02. The molecule has 0 aromatic carbocycles. The summed E-state index contributed by atoms with van der Waals surface area (Å²) in [6.45, 7) is 0. The van der Waals surface area contributed by atoms with E-state index >= 15 is 0 Å². The summed E-state index contributed by atoms with van der Waals surface area (Å²) < 4.78 is -3.94. The Hall–Kier alpha value is 1.33. The van der Waals surface area contributed by atoms with Gasteiger partial charge in [-0.25, -0.2) is 0 Å². The predicted molar refractivity (Wildman–Crippen MR) is 66.8 cm³/mol. The fourth-order valence-electron chi connectivity index (χ4n) is 0.746. The topological polar surface area (TPSA) is 57.5 Å². The number of rotatable bonds is 4. The van der Waals surface area contributed by atoms with E-state index < -0.39 is 38.4 Å². The van der Waals surface area contributed by atoms with Gasteiger partial charge in [-0.05, 0) is 0 Å². The van der Waals surface area contributed by atoms with Gasteiger partial charge in [0.15, 0.2) is 0 Å². The second-order valence-electron chi connectivity index (χ2n) is 3.06. The van der Waals surface area contributed by atoms with E-state index in [4.69, 9.17) is 69.6 Å². The van der Waals surface area contributed by atoms with Crippen LogP contribution in [-0.2, 0) is 4.79 Å². The Bertz CT molecular complexity index is 221. The molecular weight excluding hydrogens is 345 g/mol. The number of aliphatic hydroxyl groups excluding tert-OH is 2. The number of ketones is 1. The quantitative estimate of drug-likeness (QED) is 0.765. The molecule has 0 rings (SSSR count). The summed E-state index contributed by atoms with van der Waals surface area (Å²) >= 11 is 32.1. The lowest BCUT2D eigenvalue weighted by molar-refractivity contribution is -0.122. The molecule has 2 unspecified atom stereocenters. The van der Waals surface area contributed by atoms with Gasteiger partial charge in [-0.15, -0.1) is 0 Å². The Labute approximate surface area is 122 Å². The van der Waals surface area contributed by atoms with Crippen molar-refractivity contribution in [3.63, 3.8) is 0 Å². The van der Waals surface area contributed by atoms with E-state index in [0.29, 0.717) is 0 Å². The summed E-state index contributed by atoms with van der Waals surface area (Å²) in [6, 6.07) is 0. The standard InChI is InChI=1S/C7H8Cl6O3/c8-6(9,10)4(15)1-3(14)2-5(16)7(11,12)13/h4-5,15-16H,1-2H2. The van der Waals surface area contributed by atoms with Crippen molar-refractivity contribution in [3.05, 3.63) is 0 Å². The zero-order valence-electron chi connectivity index (χ0n) is 7.64. The Morgan fingerprint density at radius 3 is 1.31 bits per heavy atom. The smallest absolute Gasteiger partial charge is 0.216 e. The average molecular weight is 353 g/mol. The maximum atomic E-state index is 11.3. The van der Waals surface area contributed by atoms with E-state index in [0.717, 1.165) is 0 Å². The van der Waals surface area contributed by atoms with Crippen molar-refractivity contribution in [2.75, 3.05) is 0 Å². The monoisotopic (exact) mass is 350 g/mol. The van der Waals surface area contributed by atoms with Crippen LogP contribution in [0.4, 0.5) is 0 Å². The van der Waals surface area contributed by atoms with Crippen molar-refractivity contribution in [1.82, 2.24) is 0 Å². The molecule has 0 radical (unpaired) electrons. The van der Waals surface area contributed by atoms with E-state index in [-0.39, 0.29) is 0 Å². The molecule has 0 aliphatic rings. The molecule has 0 aliphatic heterocycles. The molecule has 2 N–H and O–H groups in total. The van der Waals surface area contributed by atoms with Gasteiger partial charge in [0.2, 0.25) is 7.59 Å². The first-order valence-electron chi connectivity index (χ1n) is 3.96. The van der Waals surface area contributed by atoms with Crippen LogP contribution in [0, 0.1) is 0 Å². The van der Waals surface area contributed by atoms with Gasteiger partial charge >= 0.3 is 0 Å². The lowest BCUT2D eigenvalue weighted by atomic mass is 10.1. The summed E-state index contributed by atoms with van der Waals surface area (Å²) in [4.78, 5) is 11.3. The van der Waals surface area contributed by atoms with E-state index in [1.807, 2.05) is 0 Å². The van der Waals surface area contributed by atoms with Crippen LogP contribution in [0.25, 0.3) is 0 Å². The molecule has 0 saturated heterocycles. The second kappa shape index (κ2) is 6.48. The molecule has 16 heavy (non-hydrogen) atoms. The highest BCUT2D eigenvalue weighted by Crippen LogP contribution is 2.34. The second-order valence-corrected chi connectivity index (χ2v) is 7.80. The number of hydrogen-bond acceptors (Lipinski definition) is 3. The van der Waals surface area contributed by atoms with Gasteiger partial charge in [0.25, 0.3) is 0 Å². The number of halogens is 6. The molecule has 0 heterocycles. The molecule has 0 aromatic heterocycles. The third-order valence-corrected chi connectivity index (χ3v) is 3.11. The van der Waals surface area contributed by atoms with Crippen molar-refractivity contribution in [2.45, 2.75) is 32.6 Å². The number of carbonyl (C=O) groups is 1. The molecule has 0 aromatic rings. The molecule has 2 atom stereocenters. The molecule has 9 heteroatoms. The first-order valence-corrected chi connectivity index (χ1v) is 6.22. The Morgan fingerprint density at radius 2 is 1.12 bits per heavy atom. The van der Waals surface area contributed by atoms with Crippen LogP contribution in [0.15, 0.2) is 0 Å². The van der Waals surface area contributed by atoms with Gasteiger partial charge in [0.1, 0.15) is 18.0 Å². The highest BCUT2D eigenvalue weighted by atomic mass is 35.6. The molecule has 3 nitrogen and oxygen atoms in total. The van der Waals surface area contributed by atoms with E-state index in [2.05, 4.69) is 0 Å². The van der Waals surface area contributed by atoms with Crippen molar-refractivity contribution in [3.8, 4) is 0 Å². The Morgan fingerprint density at radius 1 is 0.875 bits per heavy atom. The minimum absolute atomic E-state index is 0.450. The molecule has 0 amide bonds. The first kappa shape index (κ1) is 17.3. The summed E-state index contributed by atoms with van der Waals surface area (Å²) in [6.07, 6.45) is -3.86. The summed E-state index contributed by atoms with van der Waals surface area (Å²) in [5.74, 6) is -0.586. The van der Waals surface area contributed by atoms with Crippen LogP contribution in [-0.4, -0.2) is 35.8 Å². The fourth-order valence-corrected chi connectivity index (χ4v) is 1.21. The SMILES string of the molecule is O=C(CC(O)C(Cl)(Cl)Cl)CC(O)C(Cl)(Cl)Cl. The van der Waals surface area contributed by atoms with Crippen LogP contribution in [0.3, 0.4) is 0 Å². The fraction of sp³-hybridized carbons (Fsp3) is 0.857. The molecule has 0 spiro atoms. The summed E-state index contributed by atoms with van der Waals surface area (Å²) in [7, 11) is 0. The number of hydrogen-bond donors (Lipinski definition) is 2. The number of Topliss-reactive ketones (excluding diaryl/α,β-unsaturated/α-hetero) is 1. The highest BCUT2D eigenvalue weighted by molar-refractivity contribution is 6.68. The van der Waals surface area contributed by atoms with Crippen molar-refractivity contribution in [2.24, 2.45) is 0 Å². The van der Waals surface area contributed by atoms with Gasteiger partial charge in [0.05, 0.1) is 0 Å². The van der Waals surface area contributed by atoms with Gasteiger partial charge < -0.3 is 10.2 Å². The minimum Gasteiger partial charge on any atom is -0.388 e. The summed E-state index contributed by atoms with van der Waals surface area (Å²) in [5.41, 5.74) is 0. The van der Waals surface area contributed by atoms with Crippen LogP contribution < -0.4 is 0 Å². The molecule has 0 aliphatic carbocycles. The minimum atomic E-state index is -1.97. The van der Waals surface area contributed by atoms with E-state index in [1.165, 1.54) is 0 Å². The van der Waals surface area contributed by atoms with Gasteiger partial charge in [0, 0.05) is 12.8 Å². The van der Waals surface area contributed by atoms with Gasteiger partial charge in [-0.2, -0.15) is 0 Å². The van der Waals surface area contributed by atoms with Gasteiger partial charge in [-0.3, -0.25) is 4.79 Å². The average Bonchev–Trinajstić information content (AvgIpc) is 1.99. The largest absolute Gasteiger partial charge is 0.388 e. The zero-order valence-corrected chi connectivity index (χ0v) is 12.2. The lowest BCUT2D eigenvalue weighted by Gasteiger charge is -2.21. The zero-order chi connectivity index (χ0) is 13.1. The number of aliphatic hydroxyl groups is 2. The van der Waals surface area contributed by atoms with Crippen LogP contribution >= 0.6 is 69.6 Å². The molecule has 96 valence electrons. The lowest BCUT2D eigenvalue weighted by Crippen LogP contribution is -2.32. The highest BCUT2D eigenvalue weighted by Gasteiger charge is 2.36. The third-order valence-electron chi connectivity index (χ3n) is 1.60. The maximum absolute atomic E-state index is 11.3. The molecular formula is C7H8Cl6O3. The summed E-state index contributed by atoms with van der Waals surface area (Å²) in [5, 5.41) is 18.5. The molecule has 0 saturated carbocycles. The van der Waals surface area contributed by atoms with Crippen LogP contribution in [0.5, 0.6) is 0 Å². The maximum Gasteiger partial charge on any atom is 0.216 e. The van der Waals surface area contributed by atoms with E-state index in [9.17, 15) is 15.0 Å². The normalized spacial score (nSPS) is 17.0. The van der Waals surface area contributed by atoms with Crippen molar-refractivity contribution >= 4 is 75.4 Å². The Balaban J connectivity index is 4.21. The van der Waals surface area contributed by atoms with Gasteiger partial charge in [-0.1, -0.05) is 69.6 Å². The third kappa shape index (κ3) is 6.92. The first-order chi connectivity index (χ1) is 6.94. The van der Waals surface area contributed by atoms with Crippen LogP contribution in [0.2, 0.25) is 0 Å². The van der Waals surface area contributed by atoms with Crippen molar-refractivity contribution < 1.29 is 15.0 Å². The van der Waals surface area contributed by atoms with Crippen molar-refractivity contribution in [1.29, 1.82) is 0 Å². The molecule has 0 fully saturated rings. The van der Waals surface area contributed by atoms with Crippen LogP contribution in [0.1, 0.15) is 12.8 Å². The van der Waals surface area contributed by atoms with E-state index in [1.54, 1.807) is 0 Å². The molecule has 0 bridgehead atoms. The number of carbonyl (C=O) groups excluding carboxylic acids is 1.